The summed E-state index contributed by atoms with van der Waals surface area (Å²) >= 11 is 0. The molecule has 0 aliphatic carbocycles. The molecular weight excluding hydrogens is 416 g/mol. The van der Waals surface area contributed by atoms with Gasteiger partial charge in [0, 0.05) is 43.6 Å². The van der Waals surface area contributed by atoms with Crippen molar-refractivity contribution >= 4 is 17.5 Å². The first-order valence-corrected chi connectivity index (χ1v) is 11.3. The maximum absolute atomic E-state index is 13.4. The van der Waals surface area contributed by atoms with Crippen LogP contribution < -0.4 is 10.1 Å². The minimum Gasteiger partial charge on any atom is -0.491 e. The molecule has 8 heteroatoms. The summed E-state index contributed by atoms with van der Waals surface area (Å²) in [7, 11) is 4.00. The number of benzene rings is 1. The Kier molecular flexibility index (Phi) is 7.47. The number of nitrogens with one attached hydrogen (secondary N) is 1. The van der Waals surface area contributed by atoms with Crippen LogP contribution in [0.3, 0.4) is 0 Å². The van der Waals surface area contributed by atoms with Crippen molar-refractivity contribution in [2.45, 2.75) is 18.8 Å². The lowest BCUT2D eigenvalue weighted by molar-refractivity contribution is 0.0701. The van der Waals surface area contributed by atoms with Crippen molar-refractivity contribution < 1.29 is 9.53 Å². The van der Waals surface area contributed by atoms with Crippen LogP contribution in [0, 0.1) is 0 Å². The van der Waals surface area contributed by atoms with Crippen LogP contribution in [-0.4, -0.2) is 71.0 Å². The Hall–Kier alpha value is -3.52. The molecule has 33 heavy (non-hydrogen) atoms. The van der Waals surface area contributed by atoms with E-state index in [9.17, 15) is 4.79 Å². The van der Waals surface area contributed by atoms with E-state index in [0.717, 1.165) is 37.4 Å². The van der Waals surface area contributed by atoms with Crippen molar-refractivity contribution in [3.8, 4) is 5.75 Å². The fourth-order valence-corrected chi connectivity index (χ4v) is 3.92. The minimum atomic E-state index is 0.00833. The molecule has 1 saturated heterocycles. The van der Waals surface area contributed by atoms with Crippen LogP contribution in [0.15, 0.2) is 61.1 Å². The van der Waals surface area contributed by atoms with Gasteiger partial charge in [0.25, 0.3) is 5.91 Å². The number of ether oxygens (including phenoxy) is 1. The molecule has 2 aromatic heterocycles. The molecule has 4 rings (SSSR count). The van der Waals surface area contributed by atoms with Gasteiger partial charge in [0.15, 0.2) is 0 Å². The second-order valence-corrected chi connectivity index (χ2v) is 8.40. The Labute approximate surface area is 194 Å². The third-order valence-electron chi connectivity index (χ3n) is 5.63. The summed E-state index contributed by atoms with van der Waals surface area (Å²) in [4.78, 5) is 30.5. The highest BCUT2D eigenvalue weighted by Gasteiger charge is 2.28. The molecule has 1 amide bonds. The summed E-state index contributed by atoms with van der Waals surface area (Å²) in [5.74, 6) is 2.19. The van der Waals surface area contributed by atoms with Crippen LogP contribution in [-0.2, 0) is 0 Å². The van der Waals surface area contributed by atoms with E-state index in [1.54, 1.807) is 18.6 Å². The number of hydrogen-bond donors (Lipinski definition) is 1. The zero-order valence-electron chi connectivity index (χ0n) is 19.1. The van der Waals surface area contributed by atoms with E-state index in [4.69, 9.17) is 9.72 Å². The molecule has 172 valence electrons. The second-order valence-electron chi connectivity index (χ2n) is 8.40. The monoisotopic (exact) mass is 446 g/mol. The number of pyridine rings is 1. The lowest BCUT2D eigenvalue weighted by atomic mass is 9.93. The molecule has 0 unspecified atom stereocenters. The number of para-hydroxylation sites is 1. The number of likely N-dealkylation sites (N-methyl/N-ethyl adjacent to an activating group) is 1. The number of anilines is 2. The van der Waals surface area contributed by atoms with E-state index < -0.39 is 0 Å². The van der Waals surface area contributed by atoms with E-state index >= 15 is 0 Å². The summed E-state index contributed by atoms with van der Waals surface area (Å²) in [6, 6.07) is 13.4. The molecule has 3 heterocycles. The maximum atomic E-state index is 13.4. The molecule has 1 fully saturated rings. The third kappa shape index (κ3) is 6.04. The SMILES string of the molecule is CN(C)CCOc1ccccc1C(=O)N1CCC[C@H](c2cccc(Nc3cnccn3)n2)C1. The molecule has 1 N–H and O–H groups in total. The van der Waals surface area contributed by atoms with Gasteiger partial charge >= 0.3 is 0 Å². The second kappa shape index (κ2) is 10.9. The molecule has 8 nitrogen and oxygen atoms in total. The Morgan fingerprint density at radius 2 is 2.03 bits per heavy atom. The normalized spacial score (nSPS) is 16.0. The van der Waals surface area contributed by atoms with Gasteiger partial charge in [-0.1, -0.05) is 18.2 Å². The van der Waals surface area contributed by atoms with E-state index in [2.05, 4.69) is 20.2 Å². The Morgan fingerprint density at radius 1 is 1.15 bits per heavy atom. The van der Waals surface area contributed by atoms with Crippen molar-refractivity contribution in [3.05, 3.63) is 72.3 Å². The van der Waals surface area contributed by atoms with Crippen LogP contribution in [0.2, 0.25) is 0 Å². The molecule has 0 spiro atoms. The van der Waals surface area contributed by atoms with Gasteiger partial charge in [0.2, 0.25) is 0 Å². The number of carbonyl (C=O) groups excluding carboxylic acids is 1. The van der Waals surface area contributed by atoms with Crippen molar-refractivity contribution in [2.24, 2.45) is 0 Å². The number of amides is 1. The number of carbonyl (C=O) groups is 1. The van der Waals surface area contributed by atoms with E-state index in [-0.39, 0.29) is 11.8 Å². The average Bonchev–Trinajstić information content (AvgIpc) is 2.85. The Bertz CT molecular complexity index is 1060. The zero-order valence-corrected chi connectivity index (χ0v) is 19.1. The number of nitrogens with zero attached hydrogens (tertiary/aromatic N) is 5. The maximum Gasteiger partial charge on any atom is 0.257 e. The smallest absolute Gasteiger partial charge is 0.257 e. The topological polar surface area (TPSA) is 83.5 Å². The molecule has 1 aromatic carbocycles. The predicted octanol–water partition coefficient (Wildman–Crippen LogP) is 3.58. The van der Waals surface area contributed by atoms with Crippen LogP contribution in [0.4, 0.5) is 11.6 Å². The Balaban J connectivity index is 1.45. The molecule has 1 atom stereocenters. The van der Waals surface area contributed by atoms with E-state index in [1.807, 2.05) is 61.5 Å². The first-order valence-electron chi connectivity index (χ1n) is 11.3. The average molecular weight is 447 g/mol. The van der Waals surface area contributed by atoms with Crippen molar-refractivity contribution in [1.29, 1.82) is 0 Å². The molecule has 0 bridgehead atoms. The van der Waals surface area contributed by atoms with Crippen molar-refractivity contribution in [3.63, 3.8) is 0 Å². The quantitative estimate of drug-likeness (QED) is 0.566. The molecule has 3 aromatic rings. The van der Waals surface area contributed by atoms with E-state index in [1.165, 1.54) is 0 Å². The highest BCUT2D eigenvalue weighted by Crippen LogP contribution is 2.29. The van der Waals surface area contributed by atoms with Gasteiger partial charge in [-0.25, -0.2) is 9.97 Å². The van der Waals surface area contributed by atoms with Crippen molar-refractivity contribution in [2.75, 3.05) is 45.7 Å². The first kappa shape index (κ1) is 22.7. The first-order chi connectivity index (χ1) is 16.1. The molecule has 1 aliphatic rings. The molecular formula is C25H30N6O2. The fourth-order valence-electron chi connectivity index (χ4n) is 3.92. The summed E-state index contributed by atoms with van der Waals surface area (Å²) in [5.41, 5.74) is 1.58. The molecule has 0 radical (unpaired) electrons. The summed E-state index contributed by atoms with van der Waals surface area (Å²) in [6.07, 6.45) is 6.86. The lowest BCUT2D eigenvalue weighted by Crippen LogP contribution is -2.39. The van der Waals surface area contributed by atoms with Crippen LogP contribution in [0.25, 0.3) is 0 Å². The number of rotatable bonds is 8. The third-order valence-corrected chi connectivity index (χ3v) is 5.63. The molecule has 1 aliphatic heterocycles. The number of aromatic nitrogens is 3. The standard InChI is InChI=1S/C25H30N6O2/c1-30(2)15-16-33-22-10-4-3-8-20(22)25(32)31-14-6-7-19(18-31)21-9-5-11-23(28-21)29-24-17-26-12-13-27-24/h3-5,8-13,17,19H,6-7,14-16,18H2,1-2H3,(H,27,28,29)/t19-/m0/s1. The van der Waals surface area contributed by atoms with Crippen molar-refractivity contribution in [1.82, 2.24) is 24.8 Å². The number of piperidine rings is 1. The van der Waals surface area contributed by atoms with Gasteiger partial charge in [0.05, 0.1) is 11.8 Å². The fraction of sp³-hybridized carbons (Fsp3) is 0.360. The molecule has 0 saturated carbocycles. The number of hydrogen-bond acceptors (Lipinski definition) is 7. The van der Waals surface area contributed by atoms with Gasteiger partial charge in [-0.2, -0.15) is 0 Å². The summed E-state index contributed by atoms with van der Waals surface area (Å²) < 4.78 is 5.92. The van der Waals surface area contributed by atoms with Crippen LogP contribution >= 0.6 is 0 Å². The minimum absolute atomic E-state index is 0.00833. The van der Waals surface area contributed by atoms with E-state index in [0.29, 0.717) is 30.3 Å². The highest BCUT2D eigenvalue weighted by molar-refractivity contribution is 5.97. The largest absolute Gasteiger partial charge is 0.491 e. The summed E-state index contributed by atoms with van der Waals surface area (Å²) in [6.45, 7) is 2.69. The summed E-state index contributed by atoms with van der Waals surface area (Å²) in [5, 5.41) is 3.19. The lowest BCUT2D eigenvalue weighted by Gasteiger charge is -2.33. The predicted molar refractivity (Wildman–Crippen MR) is 128 cm³/mol. The van der Waals surface area contributed by atoms with Crippen LogP contribution in [0.5, 0.6) is 5.75 Å². The zero-order chi connectivity index (χ0) is 23.0. The van der Waals surface area contributed by atoms with Crippen LogP contribution in [0.1, 0.15) is 34.8 Å². The Morgan fingerprint density at radius 3 is 2.85 bits per heavy atom. The van der Waals surface area contributed by atoms with Gasteiger partial charge in [-0.05, 0) is 51.2 Å². The van der Waals surface area contributed by atoms with Gasteiger partial charge in [0.1, 0.15) is 24.0 Å². The highest BCUT2D eigenvalue weighted by atomic mass is 16.5. The van der Waals surface area contributed by atoms with Gasteiger partial charge in [-0.3, -0.25) is 9.78 Å². The van der Waals surface area contributed by atoms with Gasteiger partial charge in [-0.15, -0.1) is 0 Å². The van der Waals surface area contributed by atoms with Gasteiger partial charge < -0.3 is 19.9 Å². The number of likely N-dealkylation sites (tertiary alicyclic amines) is 1.